The Bertz CT molecular complexity index is 364. The normalized spacial score (nSPS) is 10.4. The number of hydrogen-bond acceptors (Lipinski definition) is 5. The predicted octanol–water partition coefficient (Wildman–Crippen LogP) is 1.03. The Morgan fingerprint density at radius 1 is 1.57 bits per heavy atom. The van der Waals surface area contributed by atoms with Gasteiger partial charge in [0, 0.05) is 12.8 Å². The molecule has 0 amide bonds. The van der Waals surface area contributed by atoms with Crippen molar-refractivity contribution in [2.75, 3.05) is 0 Å². The van der Waals surface area contributed by atoms with Crippen LogP contribution in [0.3, 0.4) is 0 Å². The minimum Gasteiger partial charge on any atom is -0.488 e. The molecular formula is C8H12N3O2S. The van der Waals surface area contributed by atoms with Crippen LogP contribution in [0.15, 0.2) is 9.95 Å². The fourth-order valence-electron chi connectivity index (χ4n) is 1.01. The van der Waals surface area contributed by atoms with Gasteiger partial charge in [-0.25, -0.2) is 0 Å². The molecule has 1 rings (SSSR count). The van der Waals surface area contributed by atoms with Crippen LogP contribution in [0.4, 0.5) is 0 Å². The fourth-order valence-corrected chi connectivity index (χ4v) is 1.44. The Morgan fingerprint density at radius 3 is 2.86 bits per heavy atom. The minimum atomic E-state index is -0.557. The number of aromatic hydroxyl groups is 1. The molecule has 1 radical (unpaired) electrons. The van der Waals surface area contributed by atoms with E-state index in [1.54, 1.807) is 0 Å². The van der Waals surface area contributed by atoms with Crippen molar-refractivity contribution in [3.05, 3.63) is 16.6 Å². The van der Waals surface area contributed by atoms with Crippen LogP contribution < -0.4 is 5.56 Å². The van der Waals surface area contributed by atoms with Crippen LogP contribution in [0.1, 0.15) is 19.8 Å². The predicted molar refractivity (Wildman–Crippen MR) is 54.1 cm³/mol. The Kier molecular flexibility index (Phi) is 3.94. The summed E-state index contributed by atoms with van der Waals surface area (Å²) in [5, 5.41) is 16.5. The molecule has 0 spiro atoms. The van der Waals surface area contributed by atoms with Gasteiger partial charge in [-0.2, -0.15) is 0 Å². The summed E-state index contributed by atoms with van der Waals surface area (Å²) in [6.07, 6.45) is 5.40. The Hall–Kier alpha value is -1.04. The molecule has 0 saturated heterocycles. The molecule has 1 N–H and O–H groups in total. The van der Waals surface area contributed by atoms with Crippen molar-refractivity contribution in [2.24, 2.45) is 0 Å². The van der Waals surface area contributed by atoms with E-state index < -0.39 is 11.4 Å². The van der Waals surface area contributed by atoms with E-state index in [0.717, 1.165) is 24.6 Å². The number of unbranched alkanes of at least 4 members (excludes halogenated alkanes) is 1. The smallest absolute Gasteiger partial charge is 0.316 e. The van der Waals surface area contributed by atoms with Gasteiger partial charge in [0.1, 0.15) is 0 Å². The summed E-state index contributed by atoms with van der Waals surface area (Å²) in [5.41, 5.74) is -0.500. The molecule has 0 saturated carbocycles. The molecule has 14 heavy (non-hydrogen) atoms. The maximum atomic E-state index is 11.4. The van der Waals surface area contributed by atoms with Crippen LogP contribution in [0.5, 0.6) is 5.88 Å². The average molecular weight is 214 g/mol. The summed E-state index contributed by atoms with van der Waals surface area (Å²) >= 11 is 1.10. The molecule has 5 nitrogen and oxygen atoms in total. The second-order valence-corrected chi connectivity index (χ2v) is 3.41. The van der Waals surface area contributed by atoms with Crippen LogP contribution in [-0.4, -0.2) is 19.9 Å². The molecule has 0 aliphatic heterocycles. The van der Waals surface area contributed by atoms with E-state index in [0.29, 0.717) is 11.7 Å². The lowest BCUT2D eigenvalue weighted by Crippen LogP contribution is -2.23. The molecule has 0 atom stereocenters. The summed E-state index contributed by atoms with van der Waals surface area (Å²) in [4.78, 5) is 11.4. The maximum absolute atomic E-state index is 11.4. The van der Waals surface area contributed by atoms with E-state index in [2.05, 4.69) is 16.5 Å². The number of thioether (sulfide) groups is 1. The van der Waals surface area contributed by atoms with Gasteiger partial charge >= 0.3 is 5.56 Å². The zero-order valence-electron chi connectivity index (χ0n) is 7.93. The zero-order valence-corrected chi connectivity index (χ0v) is 8.75. The highest BCUT2D eigenvalue weighted by Gasteiger charge is 2.09. The highest BCUT2D eigenvalue weighted by atomic mass is 32.2. The van der Waals surface area contributed by atoms with Gasteiger partial charge < -0.3 is 5.11 Å². The molecule has 0 bridgehead atoms. The van der Waals surface area contributed by atoms with Gasteiger partial charge in [0.25, 0.3) is 5.88 Å². The van der Waals surface area contributed by atoms with Gasteiger partial charge in [-0.1, -0.05) is 25.1 Å². The van der Waals surface area contributed by atoms with E-state index in [-0.39, 0.29) is 0 Å². The van der Waals surface area contributed by atoms with E-state index >= 15 is 0 Å². The summed E-state index contributed by atoms with van der Waals surface area (Å²) in [5.74, 6) is -0.557. The lowest BCUT2D eigenvalue weighted by molar-refractivity contribution is 0.404. The molecule has 1 heterocycles. The third-order valence-corrected chi connectivity index (χ3v) is 2.32. The third kappa shape index (κ3) is 2.25. The molecule has 0 aliphatic carbocycles. The number of aromatic nitrogens is 3. The molecular weight excluding hydrogens is 202 g/mol. The van der Waals surface area contributed by atoms with Gasteiger partial charge in [0.15, 0.2) is 5.16 Å². The lowest BCUT2D eigenvalue weighted by atomic mass is 10.3. The van der Waals surface area contributed by atoms with E-state index in [1.165, 1.54) is 4.57 Å². The maximum Gasteiger partial charge on any atom is 0.316 e. The zero-order chi connectivity index (χ0) is 10.6. The quantitative estimate of drug-likeness (QED) is 0.758. The molecule has 0 aromatic carbocycles. The number of hydrogen-bond donors (Lipinski definition) is 1. The minimum absolute atomic E-state index is 0.432. The van der Waals surface area contributed by atoms with Gasteiger partial charge in [-0.15, -0.1) is 10.2 Å². The first-order valence-corrected chi connectivity index (χ1v) is 5.27. The topological polar surface area (TPSA) is 68.0 Å². The van der Waals surface area contributed by atoms with Crippen LogP contribution in [-0.2, 0) is 6.54 Å². The van der Waals surface area contributed by atoms with Crippen molar-refractivity contribution in [1.82, 2.24) is 14.8 Å². The number of rotatable bonds is 4. The summed E-state index contributed by atoms with van der Waals surface area (Å²) in [6.45, 7) is 2.56. The van der Waals surface area contributed by atoms with Crippen LogP contribution in [0.2, 0.25) is 0 Å². The van der Waals surface area contributed by atoms with E-state index in [9.17, 15) is 4.79 Å². The second kappa shape index (κ2) is 4.99. The summed E-state index contributed by atoms with van der Waals surface area (Å²) in [7, 11) is 0. The molecule has 6 heteroatoms. The highest BCUT2D eigenvalue weighted by molar-refractivity contribution is 8.00. The van der Waals surface area contributed by atoms with E-state index in [4.69, 9.17) is 5.11 Å². The molecule has 77 valence electrons. The van der Waals surface area contributed by atoms with Crippen LogP contribution in [0.25, 0.3) is 0 Å². The standard InChI is InChI=1S/C8H12N3O2S/c1-3-4-5-11-7(13)6(12)9-10-8(11)14-2/h2-5H2,1H3,(H,9,12). The van der Waals surface area contributed by atoms with Gasteiger partial charge in [0.05, 0.1) is 0 Å². The Balaban J connectivity index is 3.08. The molecule has 0 unspecified atom stereocenters. The van der Waals surface area contributed by atoms with E-state index in [1.807, 2.05) is 6.92 Å². The average Bonchev–Trinajstić information content (AvgIpc) is 2.20. The van der Waals surface area contributed by atoms with Crippen molar-refractivity contribution in [3.63, 3.8) is 0 Å². The van der Waals surface area contributed by atoms with Crippen LogP contribution >= 0.6 is 11.8 Å². The van der Waals surface area contributed by atoms with Crippen LogP contribution in [0, 0.1) is 6.26 Å². The summed E-state index contributed by atoms with van der Waals surface area (Å²) in [6, 6.07) is 0. The molecule has 0 aliphatic rings. The van der Waals surface area contributed by atoms with Gasteiger partial charge in [-0.05, 0) is 6.42 Å². The lowest BCUT2D eigenvalue weighted by Gasteiger charge is -2.07. The third-order valence-electron chi connectivity index (χ3n) is 1.76. The fraction of sp³-hybridized carbons (Fsp3) is 0.500. The molecule has 0 fully saturated rings. The monoisotopic (exact) mass is 214 g/mol. The van der Waals surface area contributed by atoms with Crippen molar-refractivity contribution in [1.29, 1.82) is 0 Å². The first kappa shape index (κ1) is 11.0. The van der Waals surface area contributed by atoms with Crippen molar-refractivity contribution in [2.45, 2.75) is 31.5 Å². The van der Waals surface area contributed by atoms with Crippen molar-refractivity contribution >= 4 is 11.8 Å². The number of nitrogens with zero attached hydrogens (tertiary/aromatic N) is 3. The molecule has 1 aromatic heterocycles. The molecule has 1 aromatic rings. The SMILES string of the molecule is [CH2]Sc1nnc(O)c(=O)n1CCCC. The largest absolute Gasteiger partial charge is 0.488 e. The Morgan fingerprint density at radius 2 is 2.29 bits per heavy atom. The Labute approximate surface area is 86.2 Å². The first-order chi connectivity index (χ1) is 6.70. The highest BCUT2D eigenvalue weighted by Crippen LogP contribution is 2.11. The summed E-state index contributed by atoms with van der Waals surface area (Å²) < 4.78 is 1.39. The van der Waals surface area contributed by atoms with Gasteiger partial charge in [0.2, 0.25) is 0 Å². The van der Waals surface area contributed by atoms with Crippen molar-refractivity contribution in [3.8, 4) is 5.88 Å². The second-order valence-electron chi connectivity index (χ2n) is 2.76. The van der Waals surface area contributed by atoms with Gasteiger partial charge in [-0.3, -0.25) is 9.36 Å². The van der Waals surface area contributed by atoms with Crippen molar-refractivity contribution < 1.29 is 5.11 Å². The first-order valence-electron chi connectivity index (χ1n) is 4.29.